The monoisotopic (exact) mass is 285 g/mol. The Balaban J connectivity index is 2.02. The Hall–Kier alpha value is -1.15. The van der Waals surface area contributed by atoms with E-state index in [0.717, 1.165) is 5.56 Å². The lowest BCUT2D eigenvalue weighted by atomic mass is 10.1. The van der Waals surface area contributed by atoms with Gasteiger partial charge in [0.05, 0.1) is 0 Å². The largest absolute Gasteiger partial charge is 0.396 e. The van der Waals surface area contributed by atoms with E-state index in [1.165, 1.54) is 4.31 Å². The van der Waals surface area contributed by atoms with E-state index in [9.17, 15) is 8.42 Å². The molecule has 0 unspecified atom stereocenters. The van der Waals surface area contributed by atoms with Crippen LogP contribution in [0.5, 0.6) is 0 Å². The van der Waals surface area contributed by atoms with Crippen molar-refractivity contribution >= 4 is 15.9 Å². The molecule has 2 rings (SSSR count). The second-order valence-corrected chi connectivity index (χ2v) is 6.10. The highest BCUT2D eigenvalue weighted by molar-refractivity contribution is 7.90. The summed E-state index contributed by atoms with van der Waals surface area (Å²) in [6, 6.07) is 7.05. The maximum Gasteiger partial charge on any atom is 0.301 e. The average molecular weight is 285 g/mol. The van der Waals surface area contributed by atoms with Crippen molar-refractivity contribution in [1.29, 1.82) is 0 Å². The van der Waals surface area contributed by atoms with Crippen molar-refractivity contribution < 1.29 is 13.5 Å². The van der Waals surface area contributed by atoms with Crippen LogP contribution in [0.3, 0.4) is 0 Å². The Kier molecular flexibility index (Phi) is 4.76. The molecular weight excluding hydrogens is 266 g/mol. The molecule has 0 atom stereocenters. The Morgan fingerprint density at radius 1 is 1.21 bits per heavy atom. The van der Waals surface area contributed by atoms with Gasteiger partial charge in [-0.05, 0) is 24.1 Å². The van der Waals surface area contributed by atoms with Gasteiger partial charge in [-0.25, -0.2) is 0 Å². The lowest BCUT2D eigenvalue weighted by Crippen LogP contribution is -2.48. The predicted octanol–water partition coefficient (Wildman–Crippen LogP) is -0.217. The standard InChI is InChI=1S/C12H19N3O3S/c16-10-5-11-1-3-12(4-2-11)14-19(17,18)15-8-6-13-7-9-15/h1-4,13-14,16H,5-10H2. The summed E-state index contributed by atoms with van der Waals surface area (Å²) in [7, 11) is -3.47. The van der Waals surface area contributed by atoms with Crippen LogP contribution >= 0.6 is 0 Å². The summed E-state index contributed by atoms with van der Waals surface area (Å²) in [5, 5.41) is 11.9. The zero-order valence-corrected chi connectivity index (χ0v) is 11.5. The number of rotatable bonds is 5. The molecule has 0 aromatic heterocycles. The van der Waals surface area contributed by atoms with E-state index in [0.29, 0.717) is 38.3 Å². The van der Waals surface area contributed by atoms with E-state index in [2.05, 4.69) is 10.0 Å². The number of nitrogens with one attached hydrogen (secondary N) is 2. The maximum absolute atomic E-state index is 12.1. The number of nitrogens with zero attached hydrogens (tertiary/aromatic N) is 1. The molecule has 1 heterocycles. The van der Waals surface area contributed by atoms with Crippen molar-refractivity contribution in [3.05, 3.63) is 29.8 Å². The highest BCUT2D eigenvalue weighted by Gasteiger charge is 2.23. The maximum atomic E-state index is 12.1. The van der Waals surface area contributed by atoms with Crippen molar-refractivity contribution in [2.75, 3.05) is 37.5 Å². The van der Waals surface area contributed by atoms with Crippen molar-refractivity contribution in [2.24, 2.45) is 0 Å². The molecule has 1 fully saturated rings. The van der Waals surface area contributed by atoms with Crippen LogP contribution in [0.1, 0.15) is 5.56 Å². The van der Waals surface area contributed by atoms with E-state index in [1.807, 2.05) is 12.1 Å². The van der Waals surface area contributed by atoms with Gasteiger partial charge >= 0.3 is 10.2 Å². The molecule has 0 spiro atoms. The normalized spacial score (nSPS) is 17.3. The molecule has 19 heavy (non-hydrogen) atoms. The first-order valence-corrected chi connectivity index (χ1v) is 7.74. The van der Waals surface area contributed by atoms with Crippen molar-refractivity contribution in [3.63, 3.8) is 0 Å². The van der Waals surface area contributed by atoms with E-state index in [-0.39, 0.29) is 6.61 Å². The molecular formula is C12H19N3O3S. The van der Waals surface area contributed by atoms with Gasteiger partial charge in [0.15, 0.2) is 0 Å². The lowest BCUT2D eigenvalue weighted by Gasteiger charge is -2.26. The SMILES string of the molecule is O=S(=O)(Nc1ccc(CCO)cc1)N1CCNCC1. The van der Waals surface area contributed by atoms with E-state index in [4.69, 9.17) is 5.11 Å². The summed E-state index contributed by atoms with van der Waals surface area (Å²) < 4.78 is 28.2. The minimum Gasteiger partial charge on any atom is -0.396 e. The third-order valence-electron chi connectivity index (χ3n) is 3.02. The fraction of sp³-hybridized carbons (Fsp3) is 0.500. The van der Waals surface area contributed by atoms with Gasteiger partial charge < -0.3 is 10.4 Å². The van der Waals surface area contributed by atoms with Crippen LogP contribution < -0.4 is 10.0 Å². The molecule has 0 saturated carbocycles. The summed E-state index contributed by atoms with van der Waals surface area (Å²) in [6.45, 7) is 2.41. The first-order chi connectivity index (χ1) is 9.12. The first kappa shape index (κ1) is 14.3. The number of piperazine rings is 1. The molecule has 1 aromatic carbocycles. The molecule has 1 aromatic rings. The van der Waals surface area contributed by atoms with Crippen LogP contribution in [0.2, 0.25) is 0 Å². The van der Waals surface area contributed by atoms with Crippen molar-refractivity contribution in [1.82, 2.24) is 9.62 Å². The van der Waals surface area contributed by atoms with Crippen LogP contribution in [0.15, 0.2) is 24.3 Å². The van der Waals surface area contributed by atoms with Crippen LogP contribution in [-0.2, 0) is 16.6 Å². The van der Waals surface area contributed by atoms with Gasteiger partial charge in [0.25, 0.3) is 0 Å². The van der Waals surface area contributed by atoms with Crippen LogP contribution in [-0.4, -0.2) is 50.6 Å². The summed E-state index contributed by atoms with van der Waals surface area (Å²) in [5.41, 5.74) is 1.52. The number of aliphatic hydroxyl groups is 1. The molecule has 3 N–H and O–H groups in total. The summed E-state index contributed by atoms with van der Waals surface area (Å²) in [4.78, 5) is 0. The van der Waals surface area contributed by atoms with Crippen LogP contribution in [0.4, 0.5) is 5.69 Å². The third-order valence-corrected chi connectivity index (χ3v) is 4.56. The predicted molar refractivity (Wildman–Crippen MR) is 74.2 cm³/mol. The average Bonchev–Trinajstić information content (AvgIpc) is 2.42. The lowest BCUT2D eigenvalue weighted by molar-refractivity contribution is 0.299. The smallest absolute Gasteiger partial charge is 0.301 e. The van der Waals surface area contributed by atoms with Crippen molar-refractivity contribution in [3.8, 4) is 0 Å². The minimum atomic E-state index is -3.47. The molecule has 1 saturated heterocycles. The molecule has 0 aliphatic carbocycles. The highest BCUT2D eigenvalue weighted by Crippen LogP contribution is 2.13. The van der Waals surface area contributed by atoms with Gasteiger partial charge in [0.1, 0.15) is 0 Å². The van der Waals surface area contributed by atoms with Crippen LogP contribution in [0.25, 0.3) is 0 Å². The molecule has 1 aliphatic rings. The Labute approximate surface area is 113 Å². The Morgan fingerprint density at radius 3 is 2.42 bits per heavy atom. The number of benzene rings is 1. The quantitative estimate of drug-likeness (QED) is 0.699. The summed E-state index contributed by atoms with van der Waals surface area (Å²) >= 11 is 0. The zero-order valence-electron chi connectivity index (χ0n) is 10.7. The van der Waals surface area contributed by atoms with Gasteiger partial charge in [0.2, 0.25) is 0 Å². The first-order valence-electron chi connectivity index (χ1n) is 6.30. The fourth-order valence-corrected chi connectivity index (χ4v) is 3.19. The minimum absolute atomic E-state index is 0.0891. The summed E-state index contributed by atoms with van der Waals surface area (Å²) in [5.74, 6) is 0. The van der Waals surface area contributed by atoms with E-state index >= 15 is 0 Å². The fourth-order valence-electron chi connectivity index (χ4n) is 1.97. The van der Waals surface area contributed by atoms with Gasteiger partial charge in [0, 0.05) is 38.5 Å². The molecule has 0 radical (unpaired) electrons. The highest BCUT2D eigenvalue weighted by atomic mass is 32.2. The number of aliphatic hydroxyl groups excluding tert-OH is 1. The Morgan fingerprint density at radius 2 is 1.84 bits per heavy atom. The van der Waals surface area contributed by atoms with Gasteiger partial charge in [-0.2, -0.15) is 12.7 Å². The summed E-state index contributed by atoms with van der Waals surface area (Å²) in [6.07, 6.45) is 0.574. The molecule has 1 aliphatic heterocycles. The Bertz CT molecular complexity index is 495. The van der Waals surface area contributed by atoms with Gasteiger partial charge in [-0.3, -0.25) is 4.72 Å². The number of hydrogen-bond donors (Lipinski definition) is 3. The van der Waals surface area contributed by atoms with E-state index in [1.54, 1.807) is 12.1 Å². The van der Waals surface area contributed by atoms with Gasteiger partial charge in [-0.15, -0.1) is 0 Å². The number of hydrogen-bond acceptors (Lipinski definition) is 4. The molecule has 0 bridgehead atoms. The molecule has 7 heteroatoms. The van der Waals surface area contributed by atoms with E-state index < -0.39 is 10.2 Å². The van der Waals surface area contributed by atoms with Crippen molar-refractivity contribution in [2.45, 2.75) is 6.42 Å². The molecule has 6 nitrogen and oxygen atoms in total. The second kappa shape index (κ2) is 6.33. The second-order valence-electron chi connectivity index (χ2n) is 4.43. The van der Waals surface area contributed by atoms with Gasteiger partial charge in [-0.1, -0.05) is 12.1 Å². The molecule has 106 valence electrons. The third kappa shape index (κ3) is 3.90. The molecule has 0 amide bonds. The topological polar surface area (TPSA) is 81.7 Å². The number of anilines is 1. The zero-order chi connectivity index (χ0) is 13.7. The van der Waals surface area contributed by atoms with Crippen LogP contribution in [0, 0.1) is 0 Å².